The van der Waals surface area contributed by atoms with E-state index >= 15 is 4.39 Å². The lowest BCUT2D eigenvalue weighted by molar-refractivity contribution is -0.132. The third-order valence-corrected chi connectivity index (χ3v) is 5.84. The van der Waals surface area contributed by atoms with Gasteiger partial charge in [0.15, 0.2) is 11.5 Å². The van der Waals surface area contributed by atoms with Crippen molar-refractivity contribution in [2.75, 3.05) is 45.5 Å². The van der Waals surface area contributed by atoms with Gasteiger partial charge in [0.1, 0.15) is 36.8 Å². The van der Waals surface area contributed by atoms with E-state index in [0.29, 0.717) is 53.9 Å². The highest BCUT2D eigenvalue weighted by Gasteiger charge is 2.35. The molecule has 0 radical (unpaired) electrons. The van der Waals surface area contributed by atoms with Crippen molar-refractivity contribution < 1.29 is 37.2 Å². The normalized spacial score (nSPS) is 15.0. The molecule has 0 aliphatic carbocycles. The van der Waals surface area contributed by atoms with Gasteiger partial charge in [-0.15, -0.1) is 0 Å². The van der Waals surface area contributed by atoms with Crippen LogP contribution in [-0.2, 0) is 15.4 Å². The lowest BCUT2D eigenvalue weighted by Crippen LogP contribution is -2.37. The Balaban J connectivity index is 1.61. The zero-order chi connectivity index (χ0) is 25.9. The fourth-order valence-corrected chi connectivity index (χ4v) is 3.85. The number of hydrogen-bond donors (Lipinski definition) is 2. The van der Waals surface area contributed by atoms with Gasteiger partial charge in [0.25, 0.3) is 5.92 Å². The van der Waals surface area contributed by atoms with Crippen LogP contribution in [0.1, 0.15) is 29.9 Å². The summed E-state index contributed by atoms with van der Waals surface area (Å²) in [5, 5.41) is 12.7. The van der Waals surface area contributed by atoms with Crippen molar-refractivity contribution in [3.8, 4) is 11.5 Å². The molecule has 2 N–H and O–H groups in total. The Morgan fingerprint density at radius 2 is 1.97 bits per heavy atom. The van der Waals surface area contributed by atoms with Crippen LogP contribution in [0.2, 0.25) is 0 Å². The van der Waals surface area contributed by atoms with E-state index in [-0.39, 0.29) is 18.3 Å². The number of benzene rings is 2. The van der Waals surface area contributed by atoms with Crippen LogP contribution in [0.5, 0.6) is 11.5 Å². The van der Waals surface area contributed by atoms with Gasteiger partial charge in [-0.25, -0.2) is 14.4 Å². The molecular formula is C25H28F3N3O5. The fraction of sp³-hybridized carbons (Fsp3) is 0.440. The number of aromatic nitrogens is 2. The molecule has 4 rings (SSSR count). The summed E-state index contributed by atoms with van der Waals surface area (Å²) in [7, 11) is 1.52. The fourth-order valence-electron chi connectivity index (χ4n) is 3.85. The minimum Gasteiger partial charge on any atom is -0.493 e. The zero-order valence-electron chi connectivity index (χ0n) is 20.2. The van der Waals surface area contributed by atoms with E-state index in [0.717, 1.165) is 6.07 Å². The number of hydrogen-bond acceptors (Lipinski definition) is 8. The summed E-state index contributed by atoms with van der Waals surface area (Å²) in [6.45, 7) is 3.64. The number of nitrogens with one attached hydrogen (secondary N) is 1. The van der Waals surface area contributed by atoms with Crippen LogP contribution in [0.15, 0.2) is 30.3 Å². The average Bonchev–Trinajstić information content (AvgIpc) is 2.82. The molecule has 194 valence electrons. The molecule has 0 saturated carbocycles. The van der Waals surface area contributed by atoms with Crippen molar-refractivity contribution in [1.29, 1.82) is 0 Å². The first-order chi connectivity index (χ1) is 17.2. The first kappa shape index (κ1) is 25.9. The quantitative estimate of drug-likeness (QED) is 0.374. The van der Waals surface area contributed by atoms with E-state index in [1.807, 2.05) is 0 Å². The minimum atomic E-state index is -3.70. The number of alkyl halides is 2. The summed E-state index contributed by atoms with van der Waals surface area (Å²) < 4.78 is 65.1. The molecule has 0 amide bonds. The molecule has 8 nitrogen and oxygen atoms in total. The Kier molecular flexibility index (Phi) is 7.82. The topological polar surface area (TPSA) is 95.0 Å². The van der Waals surface area contributed by atoms with E-state index in [4.69, 9.17) is 24.1 Å². The molecule has 1 aliphatic rings. The second-order valence-electron chi connectivity index (χ2n) is 8.46. The number of nitrogens with zero attached hydrogens (tertiary/aromatic N) is 2. The van der Waals surface area contributed by atoms with Gasteiger partial charge in [-0.05, 0) is 26.0 Å². The van der Waals surface area contributed by atoms with E-state index in [2.05, 4.69) is 15.3 Å². The van der Waals surface area contributed by atoms with E-state index < -0.39 is 30.0 Å². The molecule has 1 atom stereocenters. The molecule has 1 saturated heterocycles. The number of aliphatic hydroxyl groups is 1. The average molecular weight is 508 g/mol. The molecule has 36 heavy (non-hydrogen) atoms. The summed E-state index contributed by atoms with van der Waals surface area (Å²) in [6.07, 6.45) is 0.0805. The number of aryl methyl sites for hydroxylation is 1. The molecule has 2 heterocycles. The molecular weight excluding hydrogens is 479 g/mol. The van der Waals surface area contributed by atoms with E-state index in [9.17, 15) is 8.78 Å². The van der Waals surface area contributed by atoms with Crippen LogP contribution in [-0.4, -0.2) is 61.3 Å². The van der Waals surface area contributed by atoms with Crippen molar-refractivity contribution in [3.63, 3.8) is 0 Å². The summed E-state index contributed by atoms with van der Waals surface area (Å²) >= 11 is 0. The van der Waals surface area contributed by atoms with Crippen LogP contribution in [0, 0.1) is 12.7 Å². The first-order valence-corrected chi connectivity index (χ1v) is 11.5. The lowest BCUT2D eigenvalue weighted by atomic mass is 10.00. The molecule has 3 aromatic rings. The van der Waals surface area contributed by atoms with Crippen molar-refractivity contribution >= 4 is 16.7 Å². The Bertz CT molecular complexity index is 1220. The maximum absolute atomic E-state index is 15.0. The number of fused-ring (bicyclic) bond motifs is 1. The Hall–Kier alpha value is -3.15. The Morgan fingerprint density at radius 3 is 2.64 bits per heavy atom. The highest BCUT2D eigenvalue weighted by Crippen LogP contribution is 2.37. The molecule has 0 bridgehead atoms. The van der Waals surface area contributed by atoms with Crippen molar-refractivity contribution in [3.05, 3.63) is 53.1 Å². The highest BCUT2D eigenvalue weighted by atomic mass is 19.3. The van der Waals surface area contributed by atoms with Gasteiger partial charge in [-0.2, -0.15) is 8.78 Å². The predicted octanol–water partition coefficient (Wildman–Crippen LogP) is 4.14. The van der Waals surface area contributed by atoms with Crippen LogP contribution in [0.3, 0.4) is 0 Å². The molecule has 1 aliphatic heterocycles. The van der Waals surface area contributed by atoms with Crippen LogP contribution < -0.4 is 14.8 Å². The summed E-state index contributed by atoms with van der Waals surface area (Å²) in [6, 6.07) is 6.38. The van der Waals surface area contributed by atoms with E-state index in [1.165, 1.54) is 19.2 Å². The molecule has 1 aromatic heterocycles. The molecule has 1 fully saturated rings. The van der Waals surface area contributed by atoms with Gasteiger partial charge >= 0.3 is 0 Å². The van der Waals surface area contributed by atoms with Crippen LogP contribution in [0.25, 0.3) is 10.9 Å². The molecule has 2 aromatic carbocycles. The molecule has 0 spiro atoms. The number of methoxy groups -OCH3 is 1. The van der Waals surface area contributed by atoms with Gasteiger partial charge in [-0.1, -0.05) is 12.1 Å². The van der Waals surface area contributed by atoms with Gasteiger partial charge in [0.05, 0.1) is 44.1 Å². The third-order valence-electron chi connectivity index (χ3n) is 5.84. The third kappa shape index (κ3) is 5.48. The highest BCUT2D eigenvalue weighted by molar-refractivity contribution is 5.92. The van der Waals surface area contributed by atoms with Crippen LogP contribution in [0.4, 0.5) is 19.0 Å². The van der Waals surface area contributed by atoms with Gasteiger partial charge < -0.3 is 29.4 Å². The number of halogens is 3. The summed E-state index contributed by atoms with van der Waals surface area (Å²) in [5.74, 6) is -3.05. The Labute approximate surface area is 206 Å². The first-order valence-electron chi connectivity index (χ1n) is 11.5. The van der Waals surface area contributed by atoms with Gasteiger partial charge in [0, 0.05) is 17.0 Å². The maximum Gasteiger partial charge on any atom is 0.298 e. The minimum absolute atomic E-state index is 0.00662. The molecule has 0 unspecified atom stereocenters. The van der Waals surface area contributed by atoms with Crippen molar-refractivity contribution in [2.45, 2.75) is 31.9 Å². The zero-order valence-corrected chi connectivity index (χ0v) is 20.2. The smallest absolute Gasteiger partial charge is 0.298 e. The maximum atomic E-state index is 15.0. The summed E-state index contributed by atoms with van der Waals surface area (Å²) in [5.41, 5.74) is -0.298. The largest absolute Gasteiger partial charge is 0.493 e. The number of aliphatic hydroxyl groups excluding tert-OH is 1. The molecule has 11 heteroatoms. The second-order valence-corrected chi connectivity index (χ2v) is 8.46. The Morgan fingerprint density at radius 1 is 1.19 bits per heavy atom. The van der Waals surface area contributed by atoms with Crippen molar-refractivity contribution in [1.82, 2.24) is 9.97 Å². The van der Waals surface area contributed by atoms with Gasteiger partial charge in [0.2, 0.25) is 0 Å². The monoisotopic (exact) mass is 507 g/mol. The standard InChI is InChI=1S/C25H28F3N3O5/c1-14(17-5-4-6-19(23(17)26)25(27,28)13-32)29-24-18-9-22(36-8-7-35-16-11-34-12-16)21(33-3)10-20(18)30-15(2)31-24/h4-6,9-10,14,16,32H,7-8,11-13H2,1-3H3,(H,29,30,31)/t14-/m1/s1. The SMILES string of the molecule is COc1cc2nc(C)nc(N[C@H](C)c3cccc(C(F)(F)CO)c3F)c2cc1OCCOC1COC1. The van der Waals surface area contributed by atoms with Gasteiger partial charge in [-0.3, -0.25) is 0 Å². The number of rotatable bonds is 11. The predicted molar refractivity (Wildman–Crippen MR) is 126 cm³/mol. The second kappa shape index (κ2) is 10.9. The van der Waals surface area contributed by atoms with Crippen molar-refractivity contribution in [2.24, 2.45) is 0 Å². The van der Waals surface area contributed by atoms with Crippen LogP contribution >= 0.6 is 0 Å². The van der Waals surface area contributed by atoms with E-state index in [1.54, 1.807) is 26.0 Å². The lowest BCUT2D eigenvalue weighted by Gasteiger charge is -2.26. The number of ether oxygens (including phenoxy) is 4. The summed E-state index contributed by atoms with van der Waals surface area (Å²) in [4.78, 5) is 8.90. The number of anilines is 1.